The smallest absolute Gasteiger partial charge is 0.271 e. The van der Waals surface area contributed by atoms with Gasteiger partial charge in [-0.1, -0.05) is 26.8 Å². The predicted molar refractivity (Wildman–Crippen MR) is 102 cm³/mol. The first-order chi connectivity index (χ1) is 11.8. The molecule has 130 valence electrons. The van der Waals surface area contributed by atoms with E-state index >= 15 is 0 Å². The summed E-state index contributed by atoms with van der Waals surface area (Å²) in [5.74, 6) is 0. The molecule has 0 radical (unpaired) electrons. The van der Waals surface area contributed by atoms with E-state index < -0.39 is 0 Å². The van der Waals surface area contributed by atoms with E-state index in [1.54, 1.807) is 6.20 Å². The Morgan fingerprint density at radius 2 is 1.80 bits per heavy atom. The van der Waals surface area contributed by atoms with Gasteiger partial charge in [-0.25, -0.2) is 0 Å². The largest absolute Gasteiger partial charge is 0.376 e. The Morgan fingerprint density at radius 1 is 1.04 bits per heavy atom. The number of aromatic amines is 2. The predicted octanol–water partition coefficient (Wildman–Crippen LogP) is 3.43. The lowest BCUT2D eigenvalue weighted by Crippen LogP contribution is -2.20. The summed E-state index contributed by atoms with van der Waals surface area (Å²) in [7, 11) is 0. The third-order valence-electron chi connectivity index (χ3n) is 4.41. The maximum atomic E-state index is 12.3. The van der Waals surface area contributed by atoms with Crippen LogP contribution in [0.1, 0.15) is 37.5 Å². The van der Waals surface area contributed by atoms with Gasteiger partial charge in [-0.15, -0.1) is 0 Å². The van der Waals surface area contributed by atoms with E-state index in [1.165, 1.54) is 5.56 Å². The van der Waals surface area contributed by atoms with E-state index in [1.807, 2.05) is 31.2 Å². The lowest BCUT2D eigenvalue weighted by atomic mass is 9.86. The molecule has 0 amide bonds. The monoisotopic (exact) mass is 337 g/mol. The topological polar surface area (TPSA) is 77.8 Å². The number of rotatable bonds is 3. The Hall–Kier alpha value is -2.82. The number of H-pyrrole nitrogens is 2. The first kappa shape index (κ1) is 17.0. The van der Waals surface area contributed by atoms with E-state index in [2.05, 4.69) is 42.1 Å². The van der Waals surface area contributed by atoms with Crippen LogP contribution in [-0.2, 0) is 12.0 Å². The van der Waals surface area contributed by atoms with Gasteiger partial charge in [-0.05, 0) is 53.1 Å². The van der Waals surface area contributed by atoms with Crippen LogP contribution in [0.4, 0.5) is 5.69 Å². The molecule has 3 aromatic rings. The minimum atomic E-state index is -0.188. The maximum absolute atomic E-state index is 12.3. The zero-order valence-corrected chi connectivity index (χ0v) is 15.0. The molecule has 0 saturated carbocycles. The minimum Gasteiger partial charge on any atom is -0.376 e. The Morgan fingerprint density at radius 3 is 2.48 bits per heavy atom. The molecule has 5 heteroatoms. The summed E-state index contributed by atoms with van der Waals surface area (Å²) in [4.78, 5) is 29.8. The van der Waals surface area contributed by atoms with E-state index in [0.29, 0.717) is 17.8 Å². The highest BCUT2D eigenvalue weighted by atomic mass is 16.1. The van der Waals surface area contributed by atoms with E-state index in [9.17, 15) is 9.59 Å². The average Bonchev–Trinajstić information content (AvgIpc) is 2.53. The first-order valence-corrected chi connectivity index (χ1v) is 8.34. The summed E-state index contributed by atoms with van der Waals surface area (Å²) in [5.41, 5.74) is 3.66. The van der Waals surface area contributed by atoms with Crippen molar-refractivity contribution >= 4 is 16.6 Å². The Labute approximate surface area is 146 Å². The SMILES string of the molecule is Cc1cc[nH]c(=O)c1NCc1cc2cc(C(C)(C)C)ccc2[nH]c1=O. The highest BCUT2D eigenvalue weighted by Crippen LogP contribution is 2.25. The van der Waals surface area contributed by atoms with Crippen molar-refractivity contribution in [1.82, 2.24) is 9.97 Å². The molecule has 1 aromatic carbocycles. The zero-order valence-electron chi connectivity index (χ0n) is 15.0. The van der Waals surface area contributed by atoms with Gasteiger partial charge in [0.1, 0.15) is 5.69 Å². The van der Waals surface area contributed by atoms with Crippen molar-refractivity contribution in [3.63, 3.8) is 0 Å². The van der Waals surface area contributed by atoms with Crippen LogP contribution in [0.15, 0.2) is 46.1 Å². The zero-order chi connectivity index (χ0) is 18.2. The Balaban J connectivity index is 1.97. The Kier molecular flexibility index (Phi) is 4.25. The number of benzene rings is 1. The summed E-state index contributed by atoms with van der Waals surface area (Å²) >= 11 is 0. The average molecular weight is 337 g/mol. The lowest BCUT2D eigenvalue weighted by molar-refractivity contribution is 0.591. The third-order valence-corrected chi connectivity index (χ3v) is 4.41. The second-order valence-corrected chi connectivity index (χ2v) is 7.39. The van der Waals surface area contributed by atoms with Gasteiger partial charge in [-0.2, -0.15) is 0 Å². The molecular formula is C20H23N3O2. The fourth-order valence-electron chi connectivity index (χ4n) is 2.83. The van der Waals surface area contributed by atoms with Crippen molar-refractivity contribution in [3.8, 4) is 0 Å². The second kappa shape index (κ2) is 6.24. The quantitative estimate of drug-likeness (QED) is 0.685. The van der Waals surface area contributed by atoms with Gasteiger partial charge >= 0.3 is 0 Å². The molecule has 0 aliphatic carbocycles. The van der Waals surface area contributed by atoms with Crippen LogP contribution in [0.3, 0.4) is 0 Å². The summed E-state index contributed by atoms with van der Waals surface area (Å²) in [5, 5.41) is 4.07. The van der Waals surface area contributed by atoms with Crippen molar-refractivity contribution in [2.24, 2.45) is 0 Å². The normalized spacial score (nSPS) is 11.7. The summed E-state index contributed by atoms with van der Waals surface area (Å²) in [6, 6.07) is 9.81. The molecule has 5 nitrogen and oxygen atoms in total. The molecular weight excluding hydrogens is 314 g/mol. The van der Waals surface area contributed by atoms with Crippen LogP contribution in [-0.4, -0.2) is 9.97 Å². The second-order valence-electron chi connectivity index (χ2n) is 7.39. The standard InChI is InChI=1S/C20H23N3O2/c1-12-7-8-21-19(25)17(12)22-11-14-9-13-10-15(20(2,3)4)5-6-16(13)23-18(14)24/h5-10,22H,11H2,1-4H3,(H,21,25)(H,23,24). The fraction of sp³-hybridized carbons (Fsp3) is 0.300. The molecule has 0 bridgehead atoms. The molecule has 25 heavy (non-hydrogen) atoms. The van der Waals surface area contributed by atoms with Crippen molar-refractivity contribution in [1.29, 1.82) is 0 Å². The van der Waals surface area contributed by atoms with Gasteiger partial charge in [0, 0.05) is 23.8 Å². The first-order valence-electron chi connectivity index (χ1n) is 8.34. The third kappa shape index (κ3) is 3.50. The van der Waals surface area contributed by atoms with Gasteiger partial charge in [0.25, 0.3) is 11.1 Å². The molecule has 0 aliphatic rings. The highest BCUT2D eigenvalue weighted by Gasteiger charge is 2.14. The maximum Gasteiger partial charge on any atom is 0.271 e. The van der Waals surface area contributed by atoms with Crippen LogP contribution < -0.4 is 16.4 Å². The summed E-state index contributed by atoms with van der Waals surface area (Å²) in [6.45, 7) is 8.63. The van der Waals surface area contributed by atoms with Crippen molar-refractivity contribution in [2.75, 3.05) is 5.32 Å². The number of hydrogen-bond donors (Lipinski definition) is 3. The van der Waals surface area contributed by atoms with Crippen LogP contribution >= 0.6 is 0 Å². The molecule has 0 unspecified atom stereocenters. The van der Waals surface area contributed by atoms with Crippen molar-refractivity contribution < 1.29 is 0 Å². The molecule has 2 aromatic heterocycles. The van der Waals surface area contributed by atoms with Crippen LogP contribution in [0.25, 0.3) is 10.9 Å². The number of aromatic nitrogens is 2. The highest BCUT2D eigenvalue weighted by molar-refractivity contribution is 5.80. The summed E-state index contributed by atoms with van der Waals surface area (Å²) < 4.78 is 0. The molecule has 2 heterocycles. The fourth-order valence-corrected chi connectivity index (χ4v) is 2.83. The molecule has 3 N–H and O–H groups in total. The molecule has 0 aliphatic heterocycles. The molecule has 0 saturated heterocycles. The van der Waals surface area contributed by atoms with Crippen molar-refractivity contribution in [2.45, 2.75) is 39.7 Å². The van der Waals surface area contributed by atoms with Gasteiger partial charge in [-0.3, -0.25) is 9.59 Å². The van der Waals surface area contributed by atoms with Crippen molar-refractivity contribution in [3.05, 3.63) is 73.9 Å². The van der Waals surface area contributed by atoms with E-state index in [0.717, 1.165) is 16.5 Å². The number of pyridine rings is 2. The minimum absolute atomic E-state index is 0.0389. The lowest BCUT2D eigenvalue weighted by Gasteiger charge is -2.19. The number of nitrogens with one attached hydrogen (secondary N) is 3. The van der Waals surface area contributed by atoms with Crippen LogP contribution in [0, 0.1) is 6.92 Å². The number of hydrogen-bond acceptors (Lipinski definition) is 3. The van der Waals surface area contributed by atoms with Crippen LogP contribution in [0.5, 0.6) is 0 Å². The molecule has 0 atom stereocenters. The van der Waals surface area contributed by atoms with Gasteiger partial charge in [0.15, 0.2) is 0 Å². The Bertz CT molecular complexity index is 1040. The molecule has 3 rings (SSSR count). The van der Waals surface area contributed by atoms with Gasteiger partial charge in [0.05, 0.1) is 0 Å². The van der Waals surface area contributed by atoms with Gasteiger partial charge in [0.2, 0.25) is 0 Å². The van der Waals surface area contributed by atoms with E-state index in [-0.39, 0.29) is 16.5 Å². The summed E-state index contributed by atoms with van der Waals surface area (Å²) in [6.07, 6.45) is 1.61. The van der Waals surface area contributed by atoms with Gasteiger partial charge < -0.3 is 15.3 Å². The number of aryl methyl sites for hydroxylation is 1. The molecule has 0 spiro atoms. The van der Waals surface area contributed by atoms with Crippen LogP contribution in [0.2, 0.25) is 0 Å². The van der Waals surface area contributed by atoms with E-state index in [4.69, 9.17) is 0 Å². The molecule has 0 fully saturated rings. The number of anilines is 1. The number of fused-ring (bicyclic) bond motifs is 1.